The van der Waals surface area contributed by atoms with Crippen LogP contribution in [0, 0.1) is 20.8 Å². The molecule has 1 aliphatic heterocycles. The van der Waals surface area contributed by atoms with Crippen molar-refractivity contribution in [2.45, 2.75) is 40.2 Å². The van der Waals surface area contributed by atoms with Crippen LogP contribution >= 0.6 is 0 Å². The summed E-state index contributed by atoms with van der Waals surface area (Å²) in [4.78, 5) is 0. The Balaban J connectivity index is 2.44. The lowest BCUT2D eigenvalue weighted by molar-refractivity contribution is 0.105. The van der Waals surface area contributed by atoms with E-state index in [2.05, 4.69) is 39.8 Å². The van der Waals surface area contributed by atoms with Crippen molar-refractivity contribution in [1.82, 2.24) is 0 Å². The summed E-state index contributed by atoms with van der Waals surface area (Å²) in [7, 11) is 0. The van der Waals surface area contributed by atoms with Gasteiger partial charge in [0.05, 0.1) is 5.56 Å². The summed E-state index contributed by atoms with van der Waals surface area (Å²) < 4.78 is 6.14. The van der Waals surface area contributed by atoms with Crippen LogP contribution in [0.25, 0.3) is 11.1 Å². The van der Waals surface area contributed by atoms with E-state index in [1.54, 1.807) is 6.07 Å². The largest absolute Gasteiger partial charge is 0.507 e. The van der Waals surface area contributed by atoms with Gasteiger partial charge in [0.1, 0.15) is 17.1 Å². The Morgan fingerprint density at radius 1 is 1.00 bits per heavy atom. The zero-order chi connectivity index (χ0) is 14.7. The van der Waals surface area contributed by atoms with Crippen LogP contribution in [0.5, 0.6) is 11.5 Å². The summed E-state index contributed by atoms with van der Waals surface area (Å²) in [5, 5.41) is 10.4. The van der Waals surface area contributed by atoms with Gasteiger partial charge < -0.3 is 9.84 Å². The quantitative estimate of drug-likeness (QED) is 0.756. The van der Waals surface area contributed by atoms with Gasteiger partial charge >= 0.3 is 0 Å². The number of hydrogen-bond acceptors (Lipinski definition) is 2. The maximum Gasteiger partial charge on any atom is 0.132 e. The average Bonchev–Trinajstić information content (AvgIpc) is 2.32. The van der Waals surface area contributed by atoms with Crippen LogP contribution in [0.4, 0.5) is 0 Å². The normalized spacial score (nSPS) is 15.2. The van der Waals surface area contributed by atoms with Crippen molar-refractivity contribution >= 4 is 0 Å². The Hall–Kier alpha value is -1.96. The van der Waals surface area contributed by atoms with E-state index >= 15 is 0 Å². The van der Waals surface area contributed by atoms with Gasteiger partial charge in [-0.1, -0.05) is 12.1 Å². The van der Waals surface area contributed by atoms with Gasteiger partial charge in [-0.05, 0) is 69.0 Å². The molecule has 0 saturated carbocycles. The molecule has 104 valence electrons. The van der Waals surface area contributed by atoms with E-state index in [1.165, 1.54) is 11.1 Å². The van der Waals surface area contributed by atoms with Crippen LogP contribution in [-0.2, 0) is 5.60 Å². The zero-order valence-electron chi connectivity index (χ0n) is 12.7. The number of aryl methyl sites for hydroxylation is 2. The topological polar surface area (TPSA) is 29.5 Å². The van der Waals surface area contributed by atoms with Gasteiger partial charge in [-0.3, -0.25) is 0 Å². The van der Waals surface area contributed by atoms with Gasteiger partial charge in [-0.15, -0.1) is 0 Å². The van der Waals surface area contributed by atoms with Gasteiger partial charge in [0.25, 0.3) is 0 Å². The SMILES string of the molecule is Cc1cc(O)c2c(c1)OC(C)(C)c1ccc(C)c(C)c1-2. The number of rotatable bonds is 0. The van der Waals surface area contributed by atoms with E-state index in [1.807, 2.05) is 13.0 Å². The van der Waals surface area contributed by atoms with Crippen LogP contribution in [0.3, 0.4) is 0 Å². The summed E-state index contributed by atoms with van der Waals surface area (Å²) >= 11 is 0. The second kappa shape index (κ2) is 4.02. The molecule has 0 aromatic heterocycles. The summed E-state index contributed by atoms with van der Waals surface area (Å²) in [5.41, 5.74) is 6.13. The zero-order valence-corrected chi connectivity index (χ0v) is 12.7. The molecular weight excluding hydrogens is 248 g/mol. The minimum atomic E-state index is -0.388. The van der Waals surface area contributed by atoms with E-state index < -0.39 is 0 Å². The summed E-state index contributed by atoms with van der Waals surface area (Å²) in [6.07, 6.45) is 0. The highest BCUT2D eigenvalue weighted by Crippen LogP contribution is 2.50. The predicted octanol–water partition coefficient (Wildman–Crippen LogP) is 4.61. The van der Waals surface area contributed by atoms with Gasteiger partial charge in [-0.2, -0.15) is 0 Å². The highest BCUT2D eigenvalue weighted by Gasteiger charge is 2.35. The second-order valence-corrected chi connectivity index (χ2v) is 6.20. The number of fused-ring (bicyclic) bond motifs is 3. The lowest BCUT2D eigenvalue weighted by Gasteiger charge is -2.36. The Morgan fingerprint density at radius 2 is 1.70 bits per heavy atom. The van der Waals surface area contributed by atoms with Gasteiger partial charge in [0, 0.05) is 5.56 Å². The molecule has 0 radical (unpaired) electrons. The molecular formula is C18H20O2. The smallest absolute Gasteiger partial charge is 0.132 e. The van der Waals surface area contributed by atoms with E-state index in [0.29, 0.717) is 5.75 Å². The molecule has 3 rings (SSSR count). The first-order valence-electron chi connectivity index (χ1n) is 6.95. The molecule has 1 N–H and O–H groups in total. The number of hydrogen-bond donors (Lipinski definition) is 1. The van der Waals surface area contributed by atoms with E-state index in [-0.39, 0.29) is 5.60 Å². The minimum absolute atomic E-state index is 0.297. The number of phenols is 1. The highest BCUT2D eigenvalue weighted by atomic mass is 16.5. The van der Waals surface area contributed by atoms with Crippen molar-refractivity contribution in [2.24, 2.45) is 0 Å². The average molecular weight is 268 g/mol. The third kappa shape index (κ3) is 1.71. The maximum absolute atomic E-state index is 10.4. The lowest BCUT2D eigenvalue weighted by atomic mass is 9.82. The number of aromatic hydroxyl groups is 1. The molecule has 0 atom stereocenters. The van der Waals surface area contributed by atoms with Gasteiger partial charge in [0.15, 0.2) is 0 Å². The fraction of sp³-hybridized carbons (Fsp3) is 0.333. The third-order valence-electron chi connectivity index (χ3n) is 4.23. The monoisotopic (exact) mass is 268 g/mol. The van der Waals surface area contributed by atoms with Crippen LogP contribution in [0.15, 0.2) is 24.3 Å². The first-order chi connectivity index (χ1) is 9.31. The van der Waals surface area contributed by atoms with Crippen molar-refractivity contribution in [1.29, 1.82) is 0 Å². The molecule has 0 spiro atoms. The van der Waals surface area contributed by atoms with E-state index in [4.69, 9.17) is 4.74 Å². The van der Waals surface area contributed by atoms with Crippen LogP contribution in [-0.4, -0.2) is 5.11 Å². The van der Waals surface area contributed by atoms with Crippen molar-refractivity contribution < 1.29 is 9.84 Å². The third-order valence-corrected chi connectivity index (χ3v) is 4.23. The molecule has 1 aliphatic rings. The van der Waals surface area contributed by atoms with Crippen LogP contribution in [0.2, 0.25) is 0 Å². The van der Waals surface area contributed by atoms with Crippen molar-refractivity contribution in [3.8, 4) is 22.6 Å². The van der Waals surface area contributed by atoms with Gasteiger partial charge in [0.2, 0.25) is 0 Å². The summed E-state index contributed by atoms with van der Waals surface area (Å²) in [5.74, 6) is 1.07. The highest BCUT2D eigenvalue weighted by molar-refractivity contribution is 5.84. The second-order valence-electron chi connectivity index (χ2n) is 6.20. The van der Waals surface area contributed by atoms with E-state index in [0.717, 1.165) is 28.0 Å². The first-order valence-corrected chi connectivity index (χ1v) is 6.95. The number of benzene rings is 2. The molecule has 0 saturated heterocycles. The molecule has 0 amide bonds. The molecule has 0 unspecified atom stereocenters. The predicted molar refractivity (Wildman–Crippen MR) is 81.4 cm³/mol. The summed E-state index contributed by atoms with van der Waals surface area (Å²) in [6, 6.07) is 8.03. The van der Waals surface area contributed by atoms with Crippen LogP contribution in [0.1, 0.15) is 36.1 Å². The minimum Gasteiger partial charge on any atom is -0.507 e. The summed E-state index contributed by atoms with van der Waals surface area (Å²) in [6.45, 7) is 10.3. The fourth-order valence-electron chi connectivity index (χ4n) is 3.04. The molecule has 2 nitrogen and oxygen atoms in total. The molecule has 2 aromatic rings. The molecule has 0 bridgehead atoms. The molecule has 20 heavy (non-hydrogen) atoms. The molecule has 0 aliphatic carbocycles. The van der Waals surface area contributed by atoms with Crippen LogP contribution < -0.4 is 4.74 Å². The Bertz CT molecular complexity index is 712. The molecule has 0 fully saturated rings. The Morgan fingerprint density at radius 3 is 2.40 bits per heavy atom. The van der Waals surface area contributed by atoms with Gasteiger partial charge in [-0.25, -0.2) is 0 Å². The van der Waals surface area contributed by atoms with E-state index in [9.17, 15) is 5.11 Å². The molecule has 2 aromatic carbocycles. The maximum atomic E-state index is 10.4. The van der Waals surface area contributed by atoms with Crippen molar-refractivity contribution in [2.75, 3.05) is 0 Å². The van der Waals surface area contributed by atoms with Crippen molar-refractivity contribution in [3.05, 3.63) is 46.5 Å². The number of ether oxygens (including phenoxy) is 1. The Kier molecular flexibility index (Phi) is 2.62. The van der Waals surface area contributed by atoms with Crippen molar-refractivity contribution in [3.63, 3.8) is 0 Å². The Labute approximate surface area is 120 Å². The standard InChI is InChI=1S/C18H20O2/c1-10-8-14(19)17-15(9-10)20-18(4,5)13-7-6-11(2)12(3)16(13)17/h6-9,19H,1-5H3. The lowest BCUT2D eigenvalue weighted by Crippen LogP contribution is -2.29. The fourth-order valence-corrected chi connectivity index (χ4v) is 3.04. The molecule has 1 heterocycles. The number of phenolic OH excluding ortho intramolecular Hbond substituents is 1. The molecule has 2 heteroatoms. The first kappa shape index (κ1) is 13.0.